The summed E-state index contributed by atoms with van der Waals surface area (Å²) in [5, 5.41) is 3.09. The molecule has 0 radical (unpaired) electrons. The molecule has 2 aromatic heterocycles. The lowest BCUT2D eigenvalue weighted by Gasteiger charge is -2.26. The summed E-state index contributed by atoms with van der Waals surface area (Å²) in [5.74, 6) is -0.282. The molecule has 7 rings (SSSR count). The lowest BCUT2D eigenvalue weighted by Crippen LogP contribution is -2.41. The molecule has 1 spiro atoms. The van der Waals surface area contributed by atoms with Gasteiger partial charge in [-0.15, -0.1) is 0 Å². The highest BCUT2D eigenvalue weighted by Gasteiger charge is 2.46. The highest BCUT2D eigenvalue weighted by atomic mass is 35.5. The van der Waals surface area contributed by atoms with E-state index in [2.05, 4.69) is 15.3 Å². The topological polar surface area (TPSA) is 79.8 Å². The van der Waals surface area contributed by atoms with Crippen molar-refractivity contribution in [2.45, 2.75) is 50.1 Å². The van der Waals surface area contributed by atoms with Gasteiger partial charge in [0.05, 0.1) is 28.5 Å². The quantitative estimate of drug-likeness (QED) is 0.320. The van der Waals surface area contributed by atoms with Gasteiger partial charge in [0.1, 0.15) is 17.5 Å². The Kier molecular flexibility index (Phi) is 5.53. The third-order valence-corrected chi connectivity index (χ3v) is 8.48. The smallest absolute Gasteiger partial charge is 0.253 e. The van der Waals surface area contributed by atoms with Gasteiger partial charge in [0.15, 0.2) is 0 Å². The number of aromatic nitrogens is 3. The molecule has 2 aliphatic carbocycles. The number of benzene rings is 2. The molecule has 3 heterocycles. The molecule has 1 aliphatic heterocycles. The Balaban J connectivity index is 1.37. The molecule has 2 saturated carbocycles. The molecular formula is C30H25ClF2N4O2. The average Bonchev–Trinajstić information content (AvgIpc) is 3.83. The van der Waals surface area contributed by atoms with E-state index in [0.29, 0.717) is 30.3 Å². The normalized spacial score (nSPS) is 18.1. The lowest BCUT2D eigenvalue weighted by molar-refractivity contribution is 0.0930. The predicted molar refractivity (Wildman–Crippen MR) is 144 cm³/mol. The van der Waals surface area contributed by atoms with Crippen molar-refractivity contribution in [3.8, 4) is 22.4 Å². The Morgan fingerprint density at radius 1 is 1.08 bits per heavy atom. The number of halogens is 3. The summed E-state index contributed by atoms with van der Waals surface area (Å²) >= 11 is 6.16. The first kappa shape index (κ1) is 24.3. The van der Waals surface area contributed by atoms with E-state index >= 15 is 4.39 Å². The molecule has 0 bridgehead atoms. The zero-order chi connectivity index (χ0) is 26.9. The van der Waals surface area contributed by atoms with Gasteiger partial charge in [0.25, 0.3) is 11.5 Å². The van der Waals surface area contributed by atoms with Crippen LogP contribution in [0.2, 0.25) is 5.02 Å². The zero-order valence-electron chi connectivity index (χ0n) is 20.9. The van der Waals surface area contributed by atoms with Crippen molar-refractivity contribution in [1.82, 2.24) is 19.9 Å². The van der Waals surface area contributed by atoms with E-state index in [0.717, 1.165) is 36.8 Å². The van der Waals surface area contributed by atoms with E-state index in [9.17, 15) is 14.0 Å². The number of pyridine rings is 1. The summed E-state index contributed by atoms with van der Waals surface area (Å²) in [6, 6.07) is 10.3. The SMILES string of the molecule is O=C1NC2(CC2)Cc2ccc(Cl)c(F)c2-c2cc(=O)n([C@H](CC3CC3)c3ncc(-c4ccc(F)cc4)[nH]3)cc21. The average molecular weight is 547 g/mol. The van der Waals surface area contributed by atoms with E-state index in [-0.39, 0.29) is 39.0 Å². The fourth-order valence-electron chi connectivity index (χ4n) is 5.69. The van der Waals surface area contributed by atoms with E-state index in [1.165, 1.54) is 28.8 Å². The number of nitrogens with one attached hydrogen (secondary N) is 2. The maximum Gasteiger partial charge on any atom is 0.253 e. The number of imidazole rings is 1. The van der Waals surface area contributed by atoms with Crippen molar-refractivity contribution in [1.29, 1.82) is 0 Å². The number of carbonyl (C=O) groups is 1. The van der Waals surface area contributed by atoms with E-state index < -0.39 is 17.4 Å². The zero-order valence-corrected chi connectivity index (χ0v) is 21.7. The Bertz CT molecular complexity index is 1690. The van der Waals surface area contributed by atoms with Crippen molar-refractivity contribution < 1.29 is 13.6 Å². The number of rotatable bonds is 5. The minimum absolute atomic E-state index is 0.0507. The van der Waals surface area contributed by atoms with Gasteiger partial charge in [-0.25, -0.2) is 13.8 Å². The van der Waals surface area contributed by atoms with Gasteiger partial charge in [-0.05, 0) is 73.1 Å². The van der Waals surface area contributed by atoms with Gasteiger partial charge < -0.3 is 14.9 Å². The number of hydrogen-bond acceptors (Lipinski definition) is 3. The standard InChI is InChI=1S/C30H25ClF2N4O2/c31-22-8-5-18-13-30(9-10-30)36-29(39)21-15-37(25(38)12-20(21)26(18)27(22)33)24(11-16-1-2-16)28-34-14-23(35-28)17-3-6-19(32)7-4-17/h3-8,12,14-16,24H,1-2,9-11,13H2,(H,34,35)(H,36,39)/t24-/m1/s1. The molecule has 1 amide bonds. The second-order valence-electron chi connectivity index (χ2n) is 11.0. The molecule has 2 N–H and O–H groups in total. The highest BCUT2D eigenvalue weighted by molar-refractivity contribution is 6.31. The summed E-state index contributed by atoms with van der Waals surface area (Å²) in [6.07, 6.45) is 8.08. The number of fused-ring (bicyclic) bond motifs is 3. The summed E-state index contributed by atoms with van der Waals surface area (Å²) in [6.45, 7) is 0. The second-order valence-corrected chi connectivity index (χ2v) is 11.4. The first-order valence-corrected chi connectivity index (χ1v) is 13.5. The molecule has 3 aliphatic rings. The minimum atomic E-state index is -0.623. The van der Waals surface area contributed by atoms with Crippen molar-refractivity contribution in [3.63, 3.8) is 0 Å². The van der Waals surface area contributed by atoms with Crippen molar-refractivity contribution >= 4 is 17.5 Å². The van der Waals surface area contributed by atoms with E-state index in [1.807, 2.05) is 0 Å². The predicted octanol–water partition coefficient (Wildman–Crippen LogP) is 6.05. The number of H-pyrrole nitrogens is 1. The molecule has 2 aromatic carbocycles. The first-order chi connectivity index (χ1) is 18.8. The van der Waals surface area contributed by atoms with Gasteiger partial charge >= 0.3 is 0 Å². The van der Waals surface area contributed by atoms with Crippen LogP contribution in [0.3, 0.4) is 0 Å². The van der Waals surface area contributed by atoms with E-state index in [4.69, 9.17) is 11.6 Å². The monoisotopic (exact) mass is 546 g/mol. The number of carbonyl (C=O) groups excluding carboxylic acids is 1. The van der Waals surface area contributed by atoms with Crippen LogP contribution >= 0.6 is 11.6 Å². The van der Waals surface area contributed by atoms with Crippen LogP contribution in [0.15, 0.2) is 59.7 Å². The fraction of sp³-hybridized carbons (Fsp3) is 0.300. The van der Waals surface area contributed by atoms with Gasteiger partial charge in [0, 0.05) is 28.9 Å². The van der Waals surface area contributed by atoms with Crippen LogP contribution in [0.5, 0.6) is 0 Å². The third kappa shape index (κ3) is 4.36. The van der Waals surface area contributed by atoms with Crippen molar-refractivity contribution in [2.24, 2.45) is 5.92 Å². The van der Waals surface area contributed by atoms with Crippen LogP contribution in [0.4, 0.5) is 8.78 Å². The maximum atomic E-state index is 15.5. The lowest BCUT2D eigenvalue weighted by atomic mass is 9.89. The molecular weight excluding hydrogens is 522 g/mol. The second kappa shape index (κ2) is 8.88. The van der Waals surface area contributed by atoms with Gasteiger partial charge in [0.2, 0.25) is 0 Å². The number of aromatic amines is 1. The maximum absolute atomic E-state index is 15.5. The summed E-state index contributed by atoms with van der Waals surface area (Å²) < 4.78 is 30.5. The van der Waals surface area contributed by atoms with Crippen LogP contribution < -0.4 is 10.9 Å². The van der Waals surface area contributed by atoms with Crippen LogP contribution in [0, 0.1) is 17.6 Å². The van der Waals surface area contributed by atoms with Gasteiger partial charge in [-0.2, -0.15) is 0 Å². The van der Waals surface area contributed by atoms with Crippen LogP contribution in [0.1, 0.15) is 59.9 Å². The third-order valence-electron chi connectivity index (χ3n) is 8.19. The van der Waals surface area contributed by atoms with E-state index in [1.54, 1.807) is 30.6 Å². The van der Waals surface area contributed by atoms with Crippen LogP contribution in [0.25, 0.3) is 22.4 Å². The molecule has 0 saturated heterocycles. The highest BCUT2D eigenvalue weighted by Crippen LogP contribution is 2.45. The number of amides is 1. The van der Waals surface area contributed by atoms with Crippen molar-refractivity contribution in [3.05, 3.63) is 98.8 Å². The molecule has 9 heteroatoms. The molecule has 4 aromatic rings. The van der Waals surface area contributed by atoms with Gasteiger partial charge in [-0.3, -0.25) is 9.59 Å². The Morgan fingerprint density at radius 2 is 1.85 bits per heavy atom. The molecule has 6 nitrogen and oxygen atoms in total. The molecule has 39 heavy (non-hydrogen) atoms. The largest absolute Gasteiger partial charge is 0.346 e. The number of hydrogen-bond donors (Lipinski definition) is 2. The minimum Gasteiger partial charge on any atom is -0.346 e. The summed E-state index contributed by atoms with van der Waals surface area (Å²) in [7, 11) is 0. The van der Waals surface area contributed by atoms with Gasteiger partial charge in [-0.1, -0.05) is 30.5 Å². The fourth-order valence-corrected chi connectivity index (χ4v) is 5.84. The van der Waals surface area contributed by atoms with Crippen LogP contribution in [-0.4, -0.2) is 26.0 Å². The first-order valence-electron chi connectivity index (χ1n) is 13.2. The Morgan fingerprint density at radius 3 is 2.56 bits per heavy atom. The van der Waals surface area contributed by atoms with Crippen LogP contribution in [-0.2, 0) is 6.42 Å². The Labute approximate surface area is 228 Å². The molecule has 1 atom stereocenters. The Hall–Kier alpha value is -3.78. The number of nitrogens with zero attached hydrogens (tertiary/aromatic N) is 2. The summed E-state index contributed by atoms with van der Waals surface area (Å²) in [4.78, 5) is 35.1. The molecule has 198 valence electrons. The molecule has 0 unspecified atom stereocenters. The summed E-state index contributed by atoms with van der Waals surface area (Å²) in [5.41, 5.74) is 2.11. The molecule has 2 fully saturated rings. The van der Waals surface area contributed by atoms with Crippen molar-refractivity contribution in [2.75, 3.05) is 0 Å².